The Morgan fingerprint density at radius 1 is 1.29 bits per heavy atom. The Labute approximate surface area is 109 Å². The zero-order valence-corrected chi connectivity index (χ0v) is 11.4. The van der Waals surface area contributed by atoms with Crippen molar-refractivity contribution in [2.24, 2.45) is 0 Å². The van der Waals surface area contributed by atoms with Gasteiger partial charge in [0.1, 0.15) is 0 Å². The van der Waals surface area contributed by atoms with Crippen LogP contribution in [0, 0.1) is 0 Å². The fraction of sp³-hybridized carbons (Fsp3) is 0.300. The fourth-order valence-electron chi connectivity index (χ4n) is 1.08. The zero-order valence-electron chi connectivity index (χ0n) is 9.07. The van der Waals surface area contributed by atoms with Gasteiger partial charge in [0.15, 0.2) is 14.6 Å². The van der Waals surface area contributed by atoms with Crippen LogP contribution in [0.3, 0.4) is 0 Å². The monoisotopic (exact) mass is 296 g/mol. The number of sulfone groups is 1. The number of benzene rings is 1. The van der Waals surface area contributed by atoms with Gasteiger partial charge in [-0.3, -0.25) is 4.79 Å². The van der Waals surface area contributed by atoms with Crippen LogP contribution < -0.4 is 0 Å². The van der Waals surface area contributed by atoms with Crippen LogP contribution in [-0.2, 0) is 14.6 Å². The fourth-order valence-corrected chi connectivity index (χ4v) is 3.14. The van der Waals surface area contributed by atoms with Gasteiger partial charge in [-0.15, -0.1) is 0 Å². The van der Waals surface area contributed by atoms with Gasteiger partial charge in [-0.1, -0.05) is 23.2 Å². The molecule has 0 heterocycles. The summed E-state index contributed by atoms with van der Waals surface area (Å²) in [7, 11) is -4.08. The van der Waals surface area contributed by atoms with Crippen molar-refractivity contribution in [1.29, 1.82) is 0 Å². The number of halogens is 2. The molecular weight excluding hydrogens is 287 g/mol. The molecule has 0 fully saturated rings. The number of carbonyl (C=O) groups is 1. The van der Waals surface area contributed by atoms with Gasteiger partial charge in [-0.05, 0) is 32.0 Å². The van der Waals surface area contributed by atoms with Crippen molar-refractivity contribution in [3.8, 4) is 0 Å². The lowest BCUT2D eigenvalue weighted by molar-refractivity contribution is -0.139. The number of carboxylic acid groups (broad SMARTS) is 1. The molecule has 0 aliphatic heterocycles. The summed E-state index contributed by atoms with van der Waals surface area (Å²) in [5, 5.41) is 9.12. The first-order chi connectivity index (χ1) is 7.60. The number of rotatable bonds is 3. The van der Waals surface area contributed by atoms with Crippen LogP contribution in [0.25, 0.3) is 0 Å². The van der Waals surface area contributed by atoms with Crippen molar-refractivity contribution in [1.82, 2.24) is 0 Å². The molecule has 0 amide bonds. The van der Waals surface area contributed by atoms with Gasteiger partial charge in [-0.2, -0.15) is 0 Å². The van der Waals surface area contributed by atoms with Crippen LogP contribution in [0.1, 0.15) is 13.8 Å². The normalized spacial score (nSPS) is 12.5. The number of aliphatic carboxylic acids is 1. The van der Waals surface area contributed by atoms with E-state index in [1.54, 1.807) is 0 Å². The maximum absolute atomic E-state index is 12.1. The average molecular weight is 297 g/mol. The van der Waals surface area contributed by atoms with Gasteiger partial charge in [0.2, 0.25) is 0 Å². The molecule has 0 unspecified atom stereocenters. The first kappa shape index (κ1) is 14.3. The second-order valence-electron chi connectivity index (χ2n) is 3.89. The van der Waals surface area contributed by atoms with E-state index in [0.29, 0.717) is 0 Å². The SMILES string of the molecule is CC(C)(C(=O)O)S(=O)(=O)c1ccc(Cl)cc1Cl. The van der Waals surface area contributed by atoms with Crippen LogP contribution in [-0.4, -0.2) is 24.2 Å². The molecule has 17 heavy (non-hydrogen) atoms. The highest BCUT2D eigenvalue weighted by molar-refractivity contribution is 7.93. The lowest BCUT2D eigenvalue weighted by Gasteiger charge is -2.20. The van der Waals surface area contributed by atoms with E-state index < -0.39 is 20.6 Å². The van der Waals surface area contributed by atoms with Crippen LogP contribution >= 0.6 is 23.2 Å². The molecule has 1 N–H and O–H groups in total. The molecule has 94 valence electrons. The van der Waals surface area contributed by atoms with E-state index in [4.69, 9.17) is 28.3 Å². The van der Waals surface area contributed by atoms with Gasteiger partial charge in [0, 0.05) is 5.02 Å². The van der Waals surface area contributed by atoms with Crippen molar-refractivity contribution < 1.29 is 18.3 Å². The summed E-state index contributed by atoms with van der Waals surface area (Å²) < 4.78 is 22.3. The maximum atomic E-state index is 12.1. The van der Waals surface area contributed by atoms with Gasteiger partial charge in [0.25, 0.3) is 0 Å². The minimum atomic E-state index is -4.08. The molecule has 1 aromatic rings. The summed E-state index contributed by atoms with van der Waals surface area (Å²) in [6.07, 6.45) is 0. The van der Waals surface area contributed by atoms with Gasteiger partial charge in [-0.25, -0.2) is 8.42 Å². The predicted octanol–water partition coefficient (Wildman–Crippen LogP) is 2.63. The molecular formula is C10H10Cl2O4S. The Bertz CT molecular complexity index is 564. The molecule has 0 saturated carbocycles. The van der Waals surface area contributed by atoms with E-state index in [2.05, 4.69) is 0 Å². The predicted molar refractivity (Wildman–Crippen MR) is 65.4 cm³/mol. The van der Waals surface area contributed by atoms with Crippen molar-refractivity contribution >= 4 is 39.0 Å². The molecule has 1 aromatic carbocycles. The van der Waals surface area contributed by atoms with E-state index >= 15 is 0 Å². The molecule has 4 nitrogen and oxygen atoms in total. The Morgan fingerprint density at radius 2 is 1.82 bits per heavy atom. The lowest BCUT2D eigenvalue weighted by atomic mass is 10.2. The lowest BCUT2D eigenvalue weighted by Crippen LogP contribution is -2.40. The molecule has 0 saturated heterocycles. The van der Waals surface area contributed by atoms with Crippen molar-refractivity contribution in [2.45, 2.75) is 23.5 Å². The number of hydrogen-bond acceptors (Lipinski definition) is 3. The third kappa shape index (κ3) is 2.41. The molecule has 0 aromatic heterocycles. The summed E-state index contributed by atoms with van der Waals surface area (Å²) in [4.78, 5) is 10.7. The average Bonchev–Trinajstić information content (AvgIpc) is 2.16. The second-order valence-corrected chi connectivity index (χ2v) is 7.20. The van der Waals surface area contributed by atoms with E-state index in [9.17, 15) is 13.2 Å². The number of hydrogen-bond donors (Lipinski definition) is 1. The van der Waals surface area contributed by atoms with Gasteiger partial charge >= 0.3 is 5.97 Å². The molecule has 0 bridgehead atoms. The van der Waals surface area contributed by atoms with E-state index in [1.807, 2.05) is 0 Å². The van der Waals surface area contributed by atoms with Crippen LogP contribution in [0.4, 0.5) is 0 Å². The number of carboxylic acids is 1. The van der Waals surface area contributed by atoms with Crippen LogP contribution in [0.15, 0.2) is 23.1 Å². The minimum Gasteiger partial charge on any atom is -0.480 e. The van der Waals surface area contributed by atoms with Crippen molar-refractivity contribution in [3.05, 3.63) is 28.2 Å². The van der Waals surface area contributed by atoms with Crippen LogP contribution in [0.2, 0.25) is 10.0 Å². The Hall–Kier alpha value is -0.780. The first-order valence-electron chi connectivity index (χ1n) is 4.54. The van der Waals surface area contributed by atoms with E-state index in [0.717, 1.165) is 13.8 Å². The molecule has 0 aliphatic carbocycles. The second kappa shape index (κ2) is 4.48. The smallest absolute Gasteiger partial charge is 0.324 e. The summed E-state index contributed by atoms with van der Waals surface area (Å²) in [6, 6.07) is 3.80. The summed E-state index contributed by atoms with van der Waals surface area (Å²) in [6.45, 7) is 2.21. The molecule has 7 heteroatoms. The van der Waals surface area contributed by atoms with Crippen molar-refractivity contribution in [3.63, 3.8) is 0 Å². The third-order valence-electron chi connectivity index (χ3n) is 2.37. The summed E-state index contributed by atoms with van der Waals surface area (Å²) in [5.41, 5.74) is 0. The largest absolute Gasteiger partial charge is 0.480 e. The van der Waals surface area contributed by atoms with Gasteiger partial charge < -0.3 is 5.11 Å². The Morgan fingerprint density at radius 3 is 2.24 bits per heavy atom. The molecule has 0 atom stereocenters. The summed E-state index contributed by atoms with van der Waals surface area (Å²) >= 11 is 11.4. The Balaban J connectivity index is 3.47. The Kier molecular flexibility index (Phi) is 3.76. The van der Waals surface area contributed by atoms with Crippen LogP contribution in [0.5, 0.6) is 0 Å². The highest BCUT2D eigenvalue weighted by Gasteiger charge is 2.43. The quantitative estimate of drug-likeness (QED) is 0.931. The minimum absolute atomic E-state index is 0.0909. The van der Waals surface area contributed by atoms with E-state index in [-0.39, 0.29) is 14.9 Å². The zero-order chi connectivity index (χ0) is 13.4. The standard InChI is InChI=1S/C10H10Cl2O4S/c1-10(2,9(13)14)17(15,16)8-4-3-6(11)5-7(8)12/h3-5H,1-2H3,(H,13,14). The molecule has 0 radical (unpaired) electrons. The highest BCUT2D eigenvalue weighted by atomic mass is 35.5. The van der Waals surface area contributed by atoms with E-state index in [1.165, 1.54) is 18.2 Å². The van der Waals surface area contributed by atoms with Crippen molar-refractivity contribution in [2.75, 3.05) is 0 Å². The molecule has 0 aliphatic rings. The maximum Gasteiger partial charge on any atom is 0.324 e. The first-order valence-corrected chi connectivity index (χ1v) is 6.77. The molecule has 0 spiro atoms. The highest BCUT2D eigenvalue weighted by Crippen LogP contribution is 2.32. The molecule has 1 rings (SSSR count). The third-order valence-corrected chi connectivity index (χ3v) is 5.48. The topological polar surface area (TPSA) is 71.4 Å². The summed E-state index contributed by atoms with van der Waals surface area (Å²) in [5.74, 6) is -1.44. The van der Waals surface area contributed by atoms with Gasteiger partial charge in [0.05, 0.1) is 9.92 Å².